The standard InChI is InChI=1S/C20H32N2O4/c1-5-17(16-7-8-18(24-3)19(13-16)25-4)21-20(23)22(6-2)14-15-9-11-26-12-10-15/h7-8,13,15,17H,5-6,9-12,14H2,1-4H3,(H,21,23)/t17-/m1/s1. The number of hydrogen-bond donors (Lipinski definition) is 1. The average Bonchev–Trinajstić information content (AvgIpc) is 2.70. The molecule has 1 aliphatic rings. The SMILES string of the molecule is CC[C@@H](NC(=O)N(CC)CC1CCOCC1)c1ccc(OC)c(OC)c1. The maximum absolute atomic E-state index is 12.8. The molecular weight excluding hydrogens is 332 g/mol. The Labute approximate surface area is 156 Å². The van der Waals surface area contributed by atoms with Gasteiger partial charge in [0.25, 0.3) is 0 Å². The first-order valence-corrected chi connectivity index (χ1v) is 9.47. The van der Waals surface area contributed by atoms with E-state index >= 15 is 0 Å². The Morgan fingerprint density at radius 2 is 1.92 bits per heavy atom. The number of methoxy groups -OCH3 is 2. The third-order valence-corrected chi connectivity index (χ3v) is 5.00. The molecule has 0 bridgehead atoms. The number of nitrogens with one attached hydrogen (secondary N) is 1. The summed E-state index contributed by atoms with van der Waals surface area (Å²) in [5.74, 6) is 1.88. The zero-order valence-electron chi connectivity index (χ0n) is 16.4. The number of nitrogens with zero attached hydrogens (tertiary/aromatic N) is 1. The monoisotopic (exact) mass is 364 g/mol. The smallest absolute Gasteiger partial charge is 0.317 e. The van der Waals surface area contributed by atoms with Crippen molar-refractivity contribution >= 4 is 6.03 Å². The summed E-state index contributed by atoms with van der Waals surface area (Å²) in [4.78, 5) is 14.7. The van der Waals surface area contributed by atoms with Crippen LogP contribution in [0.15, 0.2) is 18.2 Å². The van der Waals surface area contributed by atoms with E-state index in [1.165, 1.54) is 0 Å². The van der Waals surface area contributed by atoms with Gasteiger partial charge in [-0.2, -0.15) is 0 Å². The third kappa shape index (κ3) is 5.27. The number of amides is 2. The van der Waals surface area contributed by atoms with Gasteiger partial charge in [-0.1, -0.05) is 13.0 Å². The van der Waals surface area contributed by atoms with E-state index in [0.717, 1.165) is 44.6 Å². The number of urea groups is 1. The van der Waals surface area contributed by atoms with Gasteiger partial charge in [0.05, 0.1) is 20.3 Å². The molecule has 1 aliphatic heterocycles. The van der Waals surface area contributed by atoms with Gasteiger partial charge in [-0.3, -0.25) is 0 Å². The Bertz CT molecular complexity index is 573. The first-order valence-electron chi connectivity index (χ1n) is 9.47. The summed E-state index contributed by atoms with van der Waals surface area (Å²) in [5.41, 5.74) is 1.01. The van der Waals surface area contributed by atoms with E-state index in [4.69, 9.17) is 14.2 Å². The van der Waals surface area contributed by atoms with E-state index in [-0.39, 0.29) is 12.1 Å². The lowest BCUT2D eigenvalue weighted by molar-refractivity contribution is 0.0566. The molecule has 1 fully saturated rings. The van der Waals surface area contributed by atoms with Crippen LogP contribution in [0.5, 0.6) is 11.5 Å². The van der Waals surface area contributed by atoms with E-state index in [0.29, 0.717) is 24.0 Å². The largest absolute Gasteiger partial charge is 0.493 e. The molecule has 0 radical (unpaired) electrons. The fourth-order valence-corrected chi connectivity index (χ4v) is 3.33. The van der Waals surface area contributed by atoms with E-state index in [1.54, 1.807) is 14.2 Å². The molecule has 1 heterocycles. The maximum atomic E-state index is 12.8. The van der Waals surface area contributed by atoms with Crippen LogP contribution in [0, 0.1) is 5.92 Å². The Morgan fingerprint density at radius 3 is 2.50 bits per heavy atom. The Morgan fingerprint density at radius 1 is 1.23 bits per heavy atom. The van der Waals surface area contributed by atoms with Crippen molar-refractivity contribution < 1.29 is 19.0 Å². The van der Waals surface area contributed by atoms with Crippen LogP contribution in [0.3, 0.4) is 0 Å². The van der Waals surface area contributed by atoms with Crippen molar-refractivity contribution in [3.05, 3.63) is 23.8 Å². The molecule has 6 heteroatoms. The van der Waals surface area contributed by atoms with Crippen LogP contribution in [0.4, 0.5) is 4.79 Å². The first-order chi connectivity index (χ1) is 12.6. The summed E-state index contributed by atoms with van der Waals surface area (Å²) in [6, 6.07) is 5.71. The van der Waals surface area contributed by atoms with Gasteiger partial charge < -0.3 is 24.4 Å². The molecule has 1 aromatic rings. The van der Waals surface area contributed by atoms with Crippen molar-refractivity contribution in [1.29, 1.82) is 0 Å². The van der Waals surface area contributed by atoms with Crippen molar-refractivity contribution in [2.24, 2.45) is 5.92 Å². The minimum atomic E-state index is -0.0638. The molecule has 2 rings (SSSR count). The Balaban J connectivity index is 2.03. The van der Waals surface area contributed by atoms with Crippen molar-refractivity contribution in [1.82, 2.24) is 10.2 Å². The van der Waals surface area contributed by atoms with Crippen molar-refractivity contribution in [2.45, 2.75) is 39.2 Å². The molecule has 0 spiro atoms. The van der Waals surface area contributed by atoms with Crippen molar-refractivity contribution in [3.8, 4) is 11.5 Å². The van der Waals surface area contributed by atoms with Gasteiger partial charge in [0, 0.05) is 26.3 Å². The fourth-order valence-electron chi connectivity index (χ4n) is 3.33. The molecule has 26 heavy (non-hydrogen) atoms. The van der Waals surface area contributed by atoms with E-state index in [1.807, 2.05) is 30.0 Å². The molecule has 0 aliphatic carbocycles. The van der Waals surface area contributed by atoms with Crippen LogP contribution in [-0.2, 0) is 4.74 Å². The van der Waals surface area contributed by atoms with E-state index < -0.39 is 0 Å². The molecular formula is C20H32N2O4. The Kier molecular flexibility index (Phi) is 8.04. The van der Waals surface area contributed by atoms with Crippen LogP contribution in [-0.4, -0.2) is 51.5 Å². The Hall–Kier alpha value is -1.95. The number of hydrogen-bond acceptors (Lipinski definition) is 4. The number of carbonyl (C=O) groups is 1. The summed E-state index contributed by atoms with van der Waals surface area (Å²) >= 11 is 0. The van der Waals surface area contributed by atoms with Gasteiger partial charge in [-0.05, 0) is 49.8 Å². The molecule has 1 N–H and O–H groups in total. The zero-order valence-corrected chi connectivity index (χ0v) is 16.4. The highest BCUT2D eigenvalue weighted by Crippen LogP contribution is 2.31. The van der Waals surface area contributed by atoms with Gasteiger partial charge in [0.2, 0.25) is 0 Å². The van der Waals surface area contributed by atoms with E-state index in [9.17, 15) is 4.79 Å². The van der Waals surface area contributed by atoms with Gasteiger partial charge in [0.15, 0.2) is 11.5 Å². The zero-order chi connectivity index (χ0) is 18.9. The van der Waals surface area contributed by atoms with Crippen LogP contribution < -0.4 is 14.8 Å². The average molecular weight is 364 g/mol. The lowest BCUT2D eigenvalue weighted by Crippen LogP contribution is -2.44. The molecule has 6 nitrogen and oxygen atoms in total. The molecule has 0 aromatic heterocycles. The molecule has 146 valence electrons. The summed E-state index contributed by atoms with van der Waals surface area (Å²) in [5, 5.41) is 3.17. The normalized spacial score (nSPS) is 16.0. The summed E-state index contributed by atoms with van der Waals surface area (Å²) in [6.45, 7) is 7.17. The topological polar surface area (TPSA) is 60.0 Å². The molecule has 1 aromatic carbocycles. The van der Waals surface area contributed by atoms with Crippen LogP contribution >= 0.6 is 0 Å². The highest BCUT2D eigenvalue weighted by molar-refractivity contribution is 5.74. The molecule has 1 saturated heterocycles. The van der Waals surface area contributed by atoms with E-state index in [2.05, 4.69) is 12.2 Å². The molecule has 0 unspecified atom stereocenters. The summed E-state index contributed by atoms with van der Waals surface area (Å²) < 4.78 is 16.1. The molecule has 2 amide bonds. The number of rotatable bonds is 8. The van der Waals surface area contributed by atoms with Gasteiger partial charge >= 0.3 is 6.03 Å². The van der Waals surface area contributed by atoms with Gasteiger partial charge in [0.1, 0.15) is 0 Å². The molecule has 0 saturated carbocycles. The quantitative estimate of drug-likeness (QED) is 0.765. The van der Waals surface area contributed by atoms with Crippen molar-refractivity contribution in [3.63, 3.8) is 0 Å². The number of benzene rings is 1. The van der Waals surface area contributed by atoms with Crippen LogP contribution in [0.1, 0.15) is 44.7 Å². The lowest BCUT2D eigenvalue weighted by Gasteiger charge is -2.30. The first kappa shape index (κ1) is 20.4. The van der Waals surface area contributed by atoms with Crippen LogP contribution in [0.25, 0.3) is 0 Å². The van der Waals surface area contributed by atoms with Gasteiger partial charge in [-0.15, -0.1) is 0 Å². The fraction of sp³-hybridized carbons (Fsp3) is 0.650. The number of carbonyl (C=O) groups excluding carboxylic acids is 1. The minimum Gasteiger partial charge on any atom is -0.493 e. The molecule has 1 atom stereocenters. The predicted molar refractivity (Wildman–Crippen MR) is 102 cm³/mol. The number of ether oxygens (including phenoxy) is 3. The maximum Gasteiger partial charge on any atom is 0.317 e. The summed E-state index contributed by atoms with van der Waals surface area (Å²) in [6.07, 6.45) is 2.85. The lowest BCUT2D eigenvalue weighted by atomic mass is 10.00. The highest BCUT2D eigenvalue weighted by Gasteiger charge is 2.22. The highest BCUT2D eigenvalue weighted by atomic mass is 16.5. The minimum absolute atomic E-state index is 0.0133. The van der Waals surface area contributed by atoms with Gasteiger partial charge in [-0.25, -0.2) is 4.79 Å². The second-order valence-electron chi connectivity index (χ2n) is 6.62. The second-order valence-corrected chi connectivity index (χ2v) is 6.62. The summed E-state index contributed by atoms with van der Waals surface area (Å²) in [7, 11) is 3.24. The third-order valence-electron chi connectivity index (χ3n) is 5.00. The predicted octanol–water partition coefficient (Wildman–Crippen LogP) is 3.61. The second kappa shape index (κ2) is 10.3. The van der Waals surface area contributed by atoms with Crippen LogP contribution in [0.2, 0.25) is 0 Å². The van der Waals surface area contributed by atoms with Crippen molar-refractivity contribution in [2.75, 3.05) is 40.5 Å².